The summed E-state index contributed by atoms with van der Waals surface area (Å²) in [6.45, 7) is 0. The Labute approximate surface area is 171 Å². The van der Waals surface area contributed by atoms with Gasteiger partial charge in [-0.25, -0.2) is 0 Å². The van der Waals surface area contributed by atoms with Crippen LogP contribution >= 0.6 is 11.6 Å². The minimum atomic E-state index is 0.302. The average molecular weight is 413 g/mol. The van der Waals surface area contributed by atoms with Gasteiger partial charge >= 0.3 is 0 Å². The van der Waals surface area contributed by atoms with E-state index in [4.69, 9.17) is 30.2 Å². The lowest BCUT2D eigenvalue weighted by atomic mass is 10.1. The van der Waals surface area contributed by atoms with Crippen LogP contribution in [0, 0.1) is 0 Å². The van der Waals surface area contributed by atoms with Gasteiger partial charge in [0.05, 0.1) is 27.5 Å². The van der Waals surface area contributed by atoms with E-state index in [2.05, 4.69) is 20.4 Å². The van der Waals surface area contributed by atoms with Gasteiger partial charge in [-0.15, -0.1) is 10.2 Å². The summed E-state index contributed by atoms with van der Waals surface area (Å²) in [5.74, 6) is 2.07. The third-order valence-corrected chi connectivity index (χ3v) is 4.60. The molecule has 1 N–H and O–H groups in total. The van der Waals surface area contributed by atoms with E-state index in [9.17, 15) is 0 Å². The number of H-pyrrole nitrogens is 1. The van der Waals surface area contributed by atoms with Crippen molar-refractivity contribution in [1.29, 1.82) is 0 Å². The summed E-state index contributed by atoms with van der Waals surface area (Å²) in [5.41, 5.74) is 2.98. The van der Waals surface area contributed by atoms with Crippen LogP contribution in [0.4, 0.5) is 0 Å². The van der Waals surface area contributed by atoms with Crippen molar-refractivity contribution in [3.63, 3.8) is 0 Å². The van der Waals surface area contributed by atoms with Crippen LogP contribution in [0.5, 0.6) is 17.2 Å². The lowest BCUT2D eigenvalue weighted by molar-refractivity contribution is 0.324. The normalized spacial score (nSPS) is 10.8. The van der Waals surface area contributed by atoms with E-state index in [1.807, 2.05) is 24.3 Å². The Morgan fingerprint density at radius 3 is 2.14 bits per heavy atom. The smallest absolute Gasteiger partial charge is 0.266 e. The molecule has 0 atom stereocenters. The van der Waals surface area contributed by atoms with E-state index in [-0.39, 0.29) is 0 Å². The number of ether oxygens (including phenoxy) is 3. The van der Waals surface area contributed by atoms with Crippen molar-refractivity contribution in [1.82, 2.24) is 20.4 Å². The zero-order chi connectivity index (χ0) is 20.4. The second kappa shape index (κ2) is 7.84. The standard InChI is InChI=1S/C20H17ClN4O4/c1-26-15-8-12(9-16(27-2)18(15)28-3)19-24-25-20(29-19)17-14(10-22-23-17)11-4-6-13(21)7-5-11/h4-10H,1-3H3,(H,22,23). The molecule has 0 aliphatic rings. The highest BCUT2D eigenvalue weighted by atomic mass is 35.5. The van der Waals surface area contributed by atoms with Crippen LogP contribution in [0.3, 0.4) is 0 Å². The number of aromatic amines is 1. The number of hydrogen-bond donors (Lipinski definition) is 1. The van der Waals surface area contributed by atoms with Gasteiger partial charge in [0.15, 0.2) is 11.5 Å². The van der Waals surface area contributed by atoms with Gasteiger partial charge in [-0.05, 0) is 29.8 Å². The number of methoxy groups -OCH3 is 3. The summed E-state index contributed by atoms with van der Waals surface area (Å²) in [7, 11) is 4.63. The van der Waals surface area contributed by atoms with Crippen molar-refractivity contribution in [2.45, 2.75) is 0 Å². The highest BCUT2D eigenvalue weighted by Gasteiger charge is 2.20. The minimum Gasteiger partial charge on any atom is -0.493 e. The molecule has 148 valence electrons. The van der Waals surface area contributed by atoms with Crippen molar-refractivity contribution < 1.29 is 18.6 Å². The van der Waals surface area contributed by atoms with Gasteiger partial charge in [-0.3, -0.25) is 5.10 Å². The lowest BCUT2D eigenvalue weighted by Gasteiger charge is -2.12. The molecule has 0 amide bonds. The Morgan fingerprint density at radius 1 is 0.862 bits per heavy atom. The number of aromatic nitrogens is 4. The van der Waals surface area contributed by atoms with Gasteiger partial charge < -0.3 is 18.6 Å². The molecule has 2 heterocycles. The quantitative estimate of drug-likeness (QED) is 0.499. The van der Waals surface area contributed by atoms with Crippen LogP contribution < -0.4 is 14.2 Å². The molecule has 4 aromatic rings. The molecular weight excluding hydrogens is 396 g/mol. The molecular formula is C20H17ClN4O4. The van der Waals surface area contributed by atoms with E-state index in [0.717, 1.165) is 11.1 Å². The Balaban J connectivity index is 1.74. The van der Waals surface area contributed by atoms with Crippen LogP contribution in [0.1, 0.15) is 0 Å². The monoisotopic (exact) mass is 412 g/mol. The first kappa shape index (κ1) is 18.8. The van der Waals surface area contributed by atoms with E-state index >= 15 is 0 Å². The van der Waals surface area contributed by atoms with Gasteiger partial charge in [-0.1, -0.05) is 23.7 Å². The van der Waals surface area contributed by atoms with Crippen LogP contribution in [-0.2, 0) is 0 Å². The zero-order valence-electron chi connectivity index (χ0n) is 15.9. The second-order valence-corrected chi connectivity index (χ2v) is 6.43. The minimum absolute atomic E-state index is 0.302. The average Bonchev–Trinajstić information content (AvgIpc) is 3.42. The molecule has 8 nitrogen and oxygen atoms in total. The molecule has 2 aromatic heterocycles. The summed E-state index contributed by atoms with van der Waals surface area (Å²) in [5, 5.41) is 16.0. The SMILES string of the molecule is COc1cc(-c2nnc(-c3[nH]ncc3-c3ccc(Cl)cc3)o2)cc(OC)c1OC. The van der Waals surface area contributed by atoms with Crippen LogP contribution in [-0.4, -0.2) is 41.7 Å². The van der Waals surface area contributed by atoms with Gasteiger partial charge in [0.25, 0.3) is 5.89 Å². The van der Waals surface area contributed by atoms with Crippen LogP contribution in [0.25, 0.3) is 34.2 Å². The first-order valence-electron chi connectivity index (χ1n) is 8.58. The summed E-state index contributed by atoms with van der Waals surface area (Å²) in [6.07, 6.45) is 1.70. The first-order valence-corrected chi connectivity index (χ1v) is 8.96. The Kier molecular flexibility index (Phi) is 5.09. The highest BCUT2D eigenvalue weighted by Crippen LogP contribution is 2.41. The van der Waals surface area contributed by atoms with Gasteiger partial charge in [0.1, 0.15) is 5.69 Å². The summed E-state index contributed by atoms with van der Waals surface area (Å²) >= 11 is 5.98. The second-order valence-electron chi connectivity index (χ2n) is 5.99. The molecule has 0 unspecified atom stereocenters. The number of nitrogens with one attached hydrogen (secondary N) is 1. The molecule has 0 spiro atoms. The molecule has 0 saturated heterocycles. The molecule has 0 saturated carbocycles. The molecule has 9 heteroatoms. The molecule has 0 radical (unpaired) electrons. The van der Waals surface area contributed by atoms with Gasteiger partial charge in [0.2, 0.25) is 11.6 Å². The third kappa shape index (κ3) is 3.50. The summed E-state index contributed by atoms with van der Waals surface area (Å²) < 4.78 is 22.0. The number of halogens is 1. The molecule has 0 aliphatic carbocycles. The van der Waals surface area contributed by atoms with Crippen molar-refractivity contribution >= 4 is 11.6 Å². The van der Waals surface area contributed by atoms with Crippen molar-refractivity contribution in [2.75, 3.05) is 21.3 Å². The molecule has 0 aliphatic heterocycles. The highest BCUT2D eigenvalue weighted by molar-refractivity contribution is 6.30. The van der Waals surface area contributed by atoms with E-state index in [1.165, 1.54) is 0 Å². The molecule has 4 rings (SSSR count). The molecule has 2 aromatic carbocycles. The number of rotatable bonds is 6. The van der Waals surface area contributed by atoms with Crippen molar-refractivity contribution in [2.24, 2.45) is 0 Å². The van der Waals surface area contributed by atoms with Crippen LogP contribution in [0.2, 0.25) is 5.02 Å². The van der Waals surface area contributed by atoms with Crippen LogP contribution in [0.15, 0.2) is 47.0 Å². The number of benzene rings is 2. The predicted molar refractivity (Wildman–Crippen MR) is 107 cm³/mol. The Bertz CT molecular complexity index is 1110. The Morgan fingerprint density at radius 2 is 1.52 bits per heavy atom. The fourth-order valence-corrected chi connectivity index (χ4v) is 3.07. The topological polar surface area (TPSA) is 95.3 Å². The van der Waals surface area contributed by atoms with Crippen molar-refractivity contribution in [3.8, 4) is 51.4 Å². The third-order valence-electron chi connectivity index (χ3n) is 4.35. The maximum Gasteiger partial charge on any atom is 0.266 e. The summed E-state index contributed by atoms with van der Waals surface area (Å²) in [6, 6.07) is 10.9. The largest absolute Gasteiger partial charge is 0.493 e. The van der Waals surface area contributed by atoms with E-state index in [0.29, 0.717) is 45.3 Å². The number of nitrogens with zero attached hydrogens (tertiary/aromatic N) is 3. The lowest BCUT2D eigenvalue weighted by Crippen LogP contribution is -1.95. The van der Waals surface area contributed by atoms with Crippen molar-refractivity contribution in [3.05, 3.63) is 47.6 Å². The van der Waals surface area contributed by atoms with E-state index in [1.54, 1.807) is 39.7 Å². The maximum atomic E-state index is 5.98. The van der Waals surface area contributed by atoms with Gasteiger partial charge in [-0.2, -0.15) is 5.10 Å². The summed E-state index contributed by atoms with van der Waals surface area (Å²) in [4.78, 5) is 0. The zero-order valence-corrected chi connectivity index (χ0v) is 16.6. The Hall–Kier alpha value is -3.52. The van der Waals surface area contributed by atoms with Gasteiger partial charge in [0, 0.05) is 16.1 Å². The molecule has 29 heavy (non-hydrogen) atoms. The predicted octanol–water partition coefficient (Wildman–Crippen LogP) is 4.47. The maximum absolute atomic E-state index is 5.98. The number of hydrogen-bond acceptors (Lipinski definition) is 7. The molecule has 0 fully saturated rings. The molecule has 0 bridgehead atoms. The van der Waals surface area contributed by atoms with E-state index < -0.39 is 0 Å². The fourth-order valence-electron chi connectivity index (χ4n) is 2.94. The fraction of sp³-hybridized carbons (Fsp3) is 0.150. The first-order chi connectivity index (χ1) is 14.1.